The van der Waals surface area contributed by atoms with E-state index in [-0.39, 0.29) is 22.6 Å². The van der Waals surface area contributed by atoms with Gasteiger partial charge in [-0.15, -0.1) is 0 Å². The van der Waals surface area contributed by atoms with E-state index in [9.17, 15) is 8.42 Å². The molecule has 0 fully saturated rings. The first-order valence-corrected chi connectivity index (χ1v) is 9.77. The maximum absolute atomic E-state index is 13.1. The van der Waals surface area contributed by atoms with Crippen molar-refractivity contribution in [1.82, 2.24) is 9.29 Å². The summed E-state index contributed by atoms with van der Waals surface area (Å²) < 4.78 is 38.5. The molecule has 0 N–H and O–H groups in total. The molecule has 0 bridgehead atoms. The van der Waals surface area contributed by atoms with Gasteiger partial charge in [0.2, 0.25) is 10.0 Å². The summed E-state index contributed by atoms with van der Waals surface area (Å²) in [7, 11) is -2.32. The summed E-state index contributed by atoms with van der Waals surface area (Å²) in [5.74, 6) is 1.65. The molecule has 2 heterocycles. The number of benzene rings is 1. The maximum Gasteiger partial charge on any atom is 0.247 e. The zero-order chi connectivity index (χ0) is 18.4. The van der Waals surface area contributed by atoms with Crippen LogP contribution in [0.2, 0.25) is 5.02 Å². The minimum Gasteiger partial charge on any atom is -0.495 e. The number of oxazole rings is 1. The van der Waals surface area contributed by atoms with Crippen LogP contribution in [0, 0.1) is 0 Å². The molecule has 1 aromatic heterocycles. The largest absolute Gasteiger partial charge is 0.495 e. The van der Waals surface area contributed by atoms with Crippen LogP contribution in [-0.2, 0) is 28.4 Å². The predicted octanol–water partition coefficient (Wildman–Crippen LogP) is 3.38. The van der Waals surface area contributed by atoms with Crippen molar-refractivity contribution in [2.24, 2.45) is 0 Å². The molecule has 2 aromatic rings. The maximum atomic E-state index is 13.1. The van der Waals surface area contributed by atoms with Crippen LogP contribution in [0.4, 0.5) is 0 Å². The van der Waals surface area contributed by atoms with Gasteiger partial charge in [-0.3, -0.25) is 0 Å². The number of methoxy groups -OCH3 is 1. The highest BCUT2D eigenvalue weighted by molar-refractivity contribution is 7.89. The van der Waals surface area contributed by atoms with E-state index in [4.69, 9.17) is 20.8 Å². The van der Waals surface area contributed by atoms with Gasteiger partial charge >= 0.3 is 0 Å². The Bertz CT molecular complexity index is 900. The fourth-order valence-corrected chi connectivity index (χ4v) is 4.51. The first-order chi connectivity index (χ1) is 11.6. The second kappa shape index (κ2) is 6.30. The summed E-state index contributed by atoms with van der Waals surface area (Å²) in [6.45, 7) is 6.53. The molecule has 136 valence electrons. The number of halogens is 1. The SMILES string of the molecule is COc1ccc(Cl)cc1S(=O)(=O)N1CCc2oc(C(C)(C)C)nc2C1. The van der Waals surface area contributed by atoms with Gasteiger partial charge in [0.15, 0.2) is 5.89 Å². The Morgan fingerprint density at radius 2 is 2.04 bits per heavy atom. The third-order valence-electron chi connectivity index (χ3n) is 4.08. The fourth-order valence-electron chi connectivity index (χ4n) is 2.69. The molecule has 6 nitrogen and oxygen atoms in total. The van der Waals surface area contributed by atoms with Crippen molar-refractivity contribution in [3.63, 3.8) is 0 Å². The van der Waals surface area contributed by atoms with Crippen molar-refractivity contribution < 1.29 is 17.6 Å². The van der Waals surface area contributed by atoms with Crippen LogP contribution in [0.25, 0.3) is 0 Å². The molecule has 1 aliphatic rings. The van der Waals surface area contributed by atoms with Crippen LogP contribution in [0.1, 0.15) is 38.1 Å². The Morgan fingerprint density at radius 1 is 1.32 bits per heavy atom. The molecule has 0 spiro atoms. The van der Waals surface area contributed by atoms with Crippen LogP contribution in [-0.4, -0.2) is 31.4 Å². The Hall–Kier alpha value is -1.57. The van der Waals surface area contributed by atoms with Gasteiger partial charge in [0.25, 0.3) is 0 Å². The van der Waals surface area contributed by atoms with E-state index >= 15 is 0 Å². The first kappa shape index (κ1) is 18.2. The Balaban J connectivity index is 1.96. The van der Waals surface area contributed by atoms with Gasteiger partial charge in [0, 0.05) is 23.4 Å². The Morgan fingerprint density at radius 3 is 2.68 bits per heavy atom. The molecular formula is C17H21ClN2O4S. The summed E-state index contributed by atoms with van der Waals surface area (Å²) in [6.07, 6.45) is 0.487. The lowest BCUT2D eigenvalue weighted by Gasteiger charge is -2.25. The molecule has 0 saturated heterocycles. The fraction of sp³-hybridized carbons (Fsp3) is 0.471. The number of nitrogens with zero attached hydrogens (tertiary/aromatic N) is 2. The molecule has 0 radical (unpaired) electrons. The van der Waals surface area contributed by atoms with Gasteiger partial charge in [-0.2, -0.15) is 4.31 Å². The highest BCUT2D eigenvalue weighted by Gasteiger charge is 2.34. The van der Waals surface area contributed by atoms with E-state index in [1.165, 1.54) is 17.5 Å². The van der Waals surface area contributed by atoms with Crippen molar-refractivity contribution in [2.45, 2.75) is 44.0 Å². The first-order valence-electron chi connectivity index (χ1n) is 7.95. The molecule has 25 heavy (non-hydrogen) atoms. The molecule has 3 rings (SSSR count). The van der Waals surface area contributed by atoms with Crippen molar-refractivity contribution in [1.29, 1.82) is 0 Å². The average molecular weight is 385 g/mol. The number of hydrogen-bond acceptors (Lipinski definition) is 5. The lowest BCUT2D eigenvalue weighted by Crippen LogP contribution is -2.36. The van der Waals surface area contributed by atoms with Crippen molar-refractivity contribution in [3.8, 4) is 5.75 Å². The summed E-state index contributed by atoms with van der Waals surface area (Å²) in [6, 6.07) is 4.56. The molecule has 0 unspecified atom stereocenters. The summed E-state index contributed by atoms with van der Waals surface area (Å²) >= 11 is 5.99. The molecule has 1 aromatic carbocycles. The second-order valence-electron chi connectivity index (χ2n) is 7.02. The smallest absolute Gasteiger partial charge is 0.247 e. The van der Waals surface area contributed by atoms with Crippen LogP contribution in [0.3, 0.4) is 0 Å². The van der Waals surface area contributed by atoms with E-state index in [1.807, 2.05) is 20.8 Å². The van der Waals surface area contributed by atoms with E-state index in [0.717, 1.165) is 5.76 Å². The quantitative estimate of drug-likeness (QED) is 0.811. The number of rotatable bonds is 3. The molecule has 1 aliphatic heterocycles. The van der Waals surface area contributed by atoms with Crippen molar-refractivity contribution >= 4 is 21.6 Å². The average Bonchev–Trinajstić information content (AvgIpc) is 2.98. The normalized spacial score (nSPS) is 15.9. The highest BCUT2D eigenvalue weighted by atomic mass is 35.5. The Kier molecular flexibility index (Phi) is 4.59. The topological polar surface area (TPSA) is 72.6 Å². The summed E-state index contributed by atoms with van der Waals surface area (Å²) in [4.78, 5) is 4.57. The number of ether oxygens (including phenoxy) is 1. The Labute approximate surface area is 152 Å². The van der Waals surface area contributed by atoms with Crippen LogP contribution in [0.5, 0.6) is 5.75 Å². The summed E-state index contributed by atoms with van der Waals surface area (Å²) in [5, 5.41) is 0.341. The van der Waals surface area contributed by atoms with Crippen LogP contribution >= 0.6 is 11.6 Å². The minimum atomic E-state index is -3.75. The van der Waals surface area contributed by atoms with Gasteiger partial charge in [-0.25, -0.2) is 13.4 Å². The van der Waals surface area contributed by atoms with Crippen LogP contribution < -0.4 is 4.74 Å². The molecule has 0 saturated carbocycles. The zero-order valence-corrected chi connectivity index (χ0v) is 16.2. The minimum absolute atomic E-state index is 0.0606. The standard InChI is InChI=1S/C17H21ClN2O4S/c1-17(2,3)16-19-12-10-20(8-7-13(12)24-16)25(21,22)15-9-11(18)5-6-14(15)23-4/h5-6,9H,7-8,10H2,1-4H3. The third-order valence-corrected chi connectivity index (χ3v) is 6.18. The molecule has 0 atom stereocenters. The molecule has 0 aliphatic carbocycles. The van der Waals surface area contributed by atoms with E-state index in [2.05, 4.69) is 4.98 Å². The van der Waals surface area contributed by atoms with Gasteiger partial charge in [-0.1, -0.05) is 32.4 Å². The van der Waals surface area contributed by atoms with Crippen molar-refractivity contribution in [2.75, 3.05) is 13.7 Å². The molecule has 0 amide bonds. The van der Waals surface area contributed by atoms with Crippen LogP contribution in [0.15, 0.2) is 27.5 Å². The monoisotopic (exact) mass is 384 g/mol. The highest BCUT2D eigenvalue weighted by Crippen LogP contribution is 2.33. The van der Waals surface area contributed by atoms with Gasteiger partial charge < -0.3 is 9.15 Å². The van der Waals surface area contributed by atoms with E-state index in [1.54, 1.807) is 12.1 Å². The van der Waals surface area contributed by atoms with Gasteiger partial charge in [-0.05, 0) is 18.2 Å². The molecular weight excluding hydrogens is 364 g/mol. The van der Waals surface area contributed by atoms with E-state index in [0.29, 0.717) is 29.6 Å². The predicted molar refractivity (Wildman–Crippen MR) is 94.5 cm³/mol. The summed E-state index contributed by atoms with van der Waals surface area (Å²) in [5.41, 5.74) is 0.442. The zero-order valence-electron chi connectivity index (χ0n) is 14.7. The lowest BCUT2D eigenvalue weighted by atomic mass is 9.97. The van der Waals surface area contributed by atoms with Crippen molar-refractivity contribution in [3.05, 3.63) is 40.6 Å². The van der Waals surface area contributed by atoms with Gasteiger partial charge in [0.05, 0.1) is 19.3 Å². The molecule has 8 heteroatoms. The van der Waals surface area contributed by atoms with Gasteiger partial charge in [0.1, 0.15) is 16.4 Å². The number of aromatic nitrogens is 1. The second-order valence-corrected chi connectivity index (χ2v) is 9.37. The third kappa shape index (κ3) is 3.41. The number of sulfonamides is 1. The van der Waals surface area contributed by atoms with E-state index < -0.39 is 10.0 Å². The number of hydrogen-bond donors (Lipinski definition) is 0. The lowest BCUT2D eigenvalue weighted by molar-refractivity contribution is 0.337. The number of fused-ring (bicyclic) bond motifs is 1.